The zero-order chi connectivity index (χ0) is 65.0. The van der Waals surface area contributed by atoms with Crippen LogP contribution in [0.15, 0.2) is 279 Å². The van der Waals surface area contributed by atoms with Gasteiger partial charge in [-0.05, 0) is 196 Å². The molecule has 4 fully saturated rings. The minimum Gasteiger partial charge on any atom is -0.365 e. The van der Waals surface area contributed by atoms with Crippen molar-refractivity contribution in [1.82, 2.24) is 0 Å². The van der Waals surface area contributed by atoms with Crippen molar-refractivity contribution in [2.75, 3.05) is 14.7 Å². The minimum atomic E-state index is -0.184. The van der Waals surface area contributed by atoms with E-state index in [-0.39, 0.29) is 17.5 Å². The monoisotopic (exact) mass is 1250 g/mol. The maximum Gasteiger partial charge on any atom is 0.252 e. The van der Waals surface area contributed by atoms with E-state index < -0.39 is 0 Å². The first-order chi connectivity index (χ1) is 47.3. The van der Waals surface area contributed by atoms with Crippen molar-refractivity contribution in [2.24, 2.45) is 11.8 Å². The summed E-state index contributed by atoms with van der Waals surface area (Å²) in [6.45, 7) is 14.0. The van der Waals surface area contributed by atoms with E-state index >= 15 is 0 Å². The Balaban J connectivity index is 0.979. The van der Waals surface area contributed by atoms with E-state index in [4.69, 9.17) is 0 Å². The van der Waals surface area contributed by atoms with E-state index in [0.717, 1.165) is 11.8 Å². The molecule has 4 heteroatoms. The lowest BCUT2D eigenvalue weighted by atomic mass is 9.33. The lowest BCUT2D eigenvalue weighted by molar-refractivity contribution is 0.0900. The Morgan fingerprint density at radius 1 is 0.309 bits per heavy atom. The van der Waals surface area contributed by atoms with Gasteiger partial charge in [0, 0.05) is 62.8 Å². The number of nitrogens with zero attached hydrogens (tertiary/aromatic N) is 3. The van der Waals surface area contributed by atoms with E-state index in [1.165, 1.54) is 199 Å². The maximum atomic E-state index is 2.96. The Morgan fingerprint density at radius 2 is 0.753 bits per heavy atom. The summed E-state index contributed by atoms with van der Waals surface area (Å²) in [5.41, 5.74) is 29.5. The summed E-state index contributed by atoms with van der Waals surface area (Å²) < 4.78 is 0. The molecular weight excluding hydrogens is 1170 g/mol. The molecule has 3 nitrogen and oxygen atoms in total. The first kappa shape index (κ1) is 58.0. The van der Waals surface area contributed by atoms with Gasteiger partial charge in [-0.2, -0.15) is 0 Å². The number of benzene rings is 14. The van der Waals surface area contributed by atoms with Gasteiger partial charge in [0.1, 0.15) is 0 Å². The molecule has 0 amide bonds. The summed E-state index contributed by atoms with van der Waals surface area (Å²) >= 11 is 0. The lowest BCUT2D eigenvalue weighted by Gasteiger charge is -2.58. The molecule has 0 N–H and O–H groups in total. The SMILES string of the molecule is CC(C)(C)c1cc2ccc3cc(C(C)(C)C)cc4c(-c5ccc6c(c5)B5c7ccc(-c8ccccc8)cc7N(c7c(-c8ccccc8)cccc7-c7ccccc7)c7cc(N8C9CC%10CC(C9)CC8C%10)cc(c75)N6c5c(-c6ccccc6)cccc5-c5ccccc5)cc(c1)c2c34. The highest BCUT2D eigenvalue weighted by atomic mass is 15.2. The third kappa shape index (κ3) is 9.37. The number of anilines is 7. The lowest BCUT2D eigenvalue weighted by Crippen LogP contribution is -2.62. The first-order valence-corrected chi connectivity index (χ1v) is 35.5. The molecule has 4 bridgehead atoms. The predicted molar refractivity (Wildman–Crippen MR) is 414 cm³/mol. The summed E-state index contributed by atoms with van der Waals surface area (Å²) in [5, 5.41) is 7.90. The van der Waals surface area contributed by atoms with Gasteiger partial charge in [-0.3, -0.25) is 0 Å². The predicted octanol–water partition coefficient (Wildman–Crippen LogP) is 23.0. The summed E-state index contributed by atoms with van der Waals surface area (Å²) in [6, 6.07) is 109. The van der Waals surface area contributed by atoms with Gasteiger partial charge in [-0.1, -0.05) is 284 Å². The quantitative estimate of drug-likeness (QED) is 0.105. The van der Waals surface area contributed by atoms with Crippen molar-refractivity contribution < 1.29 is 0 Å². The van der Waals surface area contributed by atoms with Gasteiger partial charge in [-0.15, -0.1) is 0 Å². The summed E-state index contributed by atoms with van der Waals surface area (Å²) in [6.07, 6.45) is 6.41. The van der Waals surface area contributed by atoms with Crippen LogP contribution in [0.5, 0.6) is 0 Å². The summed E-state index contributed by atoms with van der Waals surface area (Å²) in [7, 11) is 0. The zero-order valence-corrected chi connectivity index (χ0v) is 56.3. The van der Waals surface area contributed by atoms with E-state index in [2.05, 4.69) is 335 Å². The average Bonchev–Trinajstić information content (AvgIpc) is 0.689. The van der Waals surface area contributed by atoms with Gasteiger partial charge in [0.15, 0.2) is 0 Å². The molecule has 0 radical (unpaired) electrons. The third-order valence-electron chi connectivity index (χ3n) is 22.9. The fourth-order valence-corrected chi connectivity index (χ4v) is 18.5. The van der Waals surface area contributed by atoms with Gasteiger partial charge < -0.3 is 14.7 Å². The molecule has 0 aromatic heterocycles. The average molecular weight is 1250 g/mol. The number of rotatable bonds is 9. The van der Waals surface area contributed by atoms with Crippen molar-refractivity contribution in [3.05, 3.63) is 290 Å². The van der Waals surface area contributed by atoms with E-state index in [1.54, 1.807) is 0 Å². The van der Waals surface area contributed by atoms with Crippen LogP contribution in [-0.2, 0) is 10.8 Å². The minimum absolute atomic E-state index is 0.0435. The van der Waals surface area contributed by atoms with Crippen LogP contribution in [0.1, 0.15) is 84.8 Å². The van der Waals surface area contributed by atoms with Crippen molar-refractivity contribution in [2.45, 2.75) is 96.6 Å². The van der Waals surface area contributed by atoms with Gasteiger partial charge in [0.05, 0.1) is 11.4 Å². The zero-order valence-electron chi connectivity index (χ0n) is 56.3. The van der Waals surface area contributed by atoms with Gasteiger partial charge in [0.2, 0.25) is 0 Å². The van der Waals surface area contributed by atoms with Crippen LogP contribution in [0.25, 0.3) is 99.1 Å². The molecule has 468 valence electrons. The smallest absolute Gasteiger partial charge is 0.252 e. The number of para-hydroxylation sites is 2. The molecule has 4 heterocycles. The second-order valence-electron chi connectivity index (χ2n) is 30.8. The van der Waals surface area contributed by atoms with Gasteiger partial charge in [-0.25, -0.2) is 0 Å². The largest absolute Gasteiger partial charge is 0.365 e. The molecule has 0 atom stereocenters. The summed E-state index contributed by atoms with van der Waals surface area (Å²) in [5.74, 6) is 1.59. The number of fused-ring (bicyclic) bond motifs is 4. The number of hydrogen-bond donors (Lipinski definition) is 0. The normalized spacial score (nSPS) is 17.7. The molecule has 0 spiro atoms. The molecule has 2 saturated heterocycles. The van der Waals surface area contributed by atoms with Crippen LogP contribution in [0.2, 0.25) is 0 Å². The van der Waals surface area contributed by atoms with Crippen LogP contribution < -0.4 is 31.1 Å². The van der Waals surface area contributed by atoms with Crippen LogP contribution in [-0.4, -0.2) is 18.8 Å². The van der Waals surface area contributed by atoms with E-state index in [1.807, 2.05) is 0 Å². The van der Waals surface area contributed by atoms with E-state index in [9.17, 15) is 0 Å². The van der Waals surface area contributed by atoms with E-state index in [0.29, 0.717) is 12.1 Å². The number of hydrogen-bond acceptors (Lipinski definition) is 3. The fourth-order valence-electron chi connectivity index (χ4n) is 18.5. The molecule has 2 aliphatic carbocycles. The van der Waals surface area contributed by atoms with Crippen LogP contribution in [0, 0.1) is 11.8 Å². The Bertz CT molecular complexity index is 5290. The van der Waals surface area contributed by atoms with Crippen molar-refractivity contribution in [3.8, 4) is 66.8 Å². The number of piperidine rings is 2. The molecule has 20 rings (SSSR count). The highest BCUT2D eigenvalue weighted by Crippen LogP contribution is 2.57. The molecule has 14 aromatic carbocycles. The van der Waals surface area contributed by atoms with Crippen LogP contribution >= 0.6 is 0 Å². The van der Waals surface area contributed by atoms with Crippen molar-refractivity contribution >= 4 is 95.2 Å². The third-order valence-corrected chi connectivity index (χ3v) is 22.9. The van der Waals surface area contributed by atoms with Crippen LogP contribution in [0.4, 0.5) is 39.8 Å². The fraction of sp³-hybridized carbons (Fsp3) is 0.183. The second-order valence-corrected chi connectivity index (χ2v) is 30.8. The molecule has 0 unspecified atom stereocenters. The second kappa shape index (κ2) is 22.1. The maximum absolute atomic E-state index is 2.96. The Kier molecular flexibility index (Phi) is 13.2. The molecule has 14 aromatic rings. The topological polar surface area (TPSA) is 9.72 Å². The highest BCUT2D eigenvalue weighted by molar-refractivity contribution is 7.00. The molecule has 2 saturated carbocycles. The molecule has 6 aliphatic rings. The molecule has 4 aliphatic heterocycles. The van der Waals surface area contributed by atoms with Gasteiger partial charge in [0.25, 0.3) is 6.71 Å². The Labute approximate surface area is 571 Å². The Morgan fingerprint density at radius 3 is 1.25 bits per heavy atom. The van der Waals surface area contributed by atoms with Crippen molar-refractivity contribution in [1.29, 1.82) is 0 Å². The Hall–Kier alpha value is -10.4. The summed E-state index contributed by atoms with van der Waals surface area (Å²) in [4.78, 5) is 8.48. The molecule has 97 heavy (non-hydrogen) atoms. The van der Waals surface area contributed by atoms with Crippen molar-refractivity contribution in [3.63, 3.8) is 0 Å². The molecular formula is C93H78BN3. The van der Waals surface area contributed by atoms with Gasteiger partial charge >= 0.3 is 0 Å². The first-order valence-electron chi connectivity index (χ1n) is 35.5. The standard InChI is InChI=1S/C93H78BN3/c1-92(2,3)70-49-67-38-39-68-50-71(93(4,5)6)55-80-79(52-69(51-70)87(67)88(68)80)66-41-43-83-82(53-66)94-81-42-40-65(60-24-12-7-13-25-60)54-84(81)97(91-77(63-30-18-10-19-31-63)36-23-37-78(91)64-32-20-11-21-33-64)86-57-74(95-72-45-58-44-59(47-72)48-73(95)46-58)56-85(89(86)94)96(83)90-75(61-26-14-8-15-27-61)34-22-35-76(90)62-28-16-9-17-29-62/h7-43,49-59,72-73H,44-48H2,1-6H3. The van der Waals surface area contributed by atoms with Crippen LogP contribution in [0.3, 0.4) is 0 Å². The highest BCUT2D eigenvalue weighted by Gasteiger charge is 2.50.